The third kappa shape index (κ3) is 7.54. The third-order valence-corrected chi connectivity index (χ3v) is 9.25. The van der Waals surface area contributed by atoms with Gasteiger partial charge in [-0.25, -0.2) is 4.39 Å². The van der Waals surface area contributed by atoms with Gasteiger partial charge in [-0.1, -0.05) is 76.3 Å². The van der Waals surface area contributed by atoms with Crippen LogP contribution in [0.15, 0.2) is 24.3 Å². The number of carbonyl (C=O) groups is 1. The molecule has 3 saturated carbocycles. The number of carboxylic acids is 1. The Balaban J connectivity index is 1.49. The molecule has 3 aliphatic rings. The first kappa shape index (κ1) is 25.7. The van der Waals surface area contributed by atoms with Crippen molar-refractivity contribution in [1.29, 1.82) is 0 Å². The van der Waals surface area contributed by atoms with E-state index in [-0.39, 0.29) is 18.2 Å². The molecule has 0 saturated heterocycles. The van der Waals surface area contributed by atoms with Gasteiger partial charge in [-0.3, -0.25) is 9.69 Å². The molecule has 1 aromatic rings. The van der Waals surface area contributed by atoms with Crippen LogP contribution in [0.5, 0.6) is 0 Å². The lowest BCUT2D eigenvalue weighted by atomic mass is 9.72. The summed E-state index contributed by atoms with van der Waals surface area (Å²) in [6.07, 6.45) is 19.8. The summed E-state index contributed by atoms with van der Waals surface area (Å²) in [5.74, 6) is 1.40. The molecule has 34 heavy (non-hydrogen) atoms. The maximum absolute atomic E-state index is 13.7. The monoisotopic (exact) mass is 471 g/mol. The van der Waals surface area contributed by atoms with Crippen LogP contribution in [0.1, 0.15) is 114 Å². The molecule has 4 heteroatoms. The van der Waals surface area contributed by atoms with E-state index < -0.39 is 5.97 Å². The van der Waals surface area contributed by atoms with Crippen LogP contribution in [0.2, 0.25) is 0 Å². The molecule has 1 aromatic carbocycles. The Kier molecular flexibility index (Phi) is 9.85. The molecule has 0 amide bonds. The lowest BCUT2D eigenvalue weighted by Gasteiger charge is -2.44. The molecule has 1 N–H and O–H groups in total. The van der Waals surface area contributed by atoms with Crippen LogP contribution in [0.3, 0.4) is 0 Å². The highest BCUT2D eigenvalue weighted by Crippen LogP contribution is 2.41. The molecule has 4 rings (SSSR count). The van der Waals surface area contributed by atoms with E-state index >= 15 is 0 Å². The van der Waals surface area contributed by atoms with Crippen molar-refractivity contribution in [3.8, 4) is 0 Å². The number of rotatable bonds is 10. The van der Waals surface area contributed by atoms with Crippen molar-refractivity contribution in [1.82, 2.24) is 4.90 Å². The Morgan fingerprint density at radius 3 is 1.88 bits per heavy atom. The summed E-state index contributed by atoms with van der Waals surface area (Å²) in [6.45, 7) is 2.34. The highest BCUT2D eigenvalue weighted by molar-refractivity contribution is 5.67. The highest BCUT2D eigenvalue weighted by Gasteiger charge is 2.36. The van der Waals surface area contributed by atoms with E-state index in [9.17, 15) is 14.3 Å². The van der Waals surface area contributed by atoms with Gasteiger partial charge in [0.15, 0.2) is 0 Å². The first-order valence-electron chi connectivity index (χ1n) is 14.3. The molecule has 3 atom stereocenters. The maximum atomic E-state index is 13.7. The second-order valence-corrected chi connectivity index (χ2v) is 11.6. The molecule has 0 radical (unpaired) electrons. The highest BCUT2D eigenvalue weighted by atomic mass is 19.1. The van der Waals surface area contributed by atoms with Crippen molar-refractivity contribution in [3.05, 3.63) is 35.6 Å². The molecule has 3 nitrogen and oxygen atoms in total. The number of benzene rings is 1. The van der Waals surface area contributed by atoms with Crippen molar-refractivity contribution in [2.45, 2.75) is 115 Å². The molecule has 0 heterocycles. The molecule has 0 unspecified atom stereocenters. The van der Waals surface area contributed by atoms with Gasteiger partial charge >= 0.3 is 5.97 Å². The second kappa shape index (κ2) is 13.0. The maximum Gasteiger partial charge on any atom is 0.303 e. The molecular weight excluding hydrogens is 425 g/mol. The van der Waals surface area contributed by atoms with Gasteiger partial charge in [0.1, 0.15) is 5.82 Å². The lowest BCUT2D eigenvalue weighted by molar-refractivity contribution is -0.138. The SMILES string of the molecule is O=C(O)C[C@@H]1CC[C@@H](N(CCC2CCCCC2)CCC2CCCCC2)[C@H](c2ccc(F)cc2)C1. The van der Waals surface area contributed by atoms with E-state index in [0.29, 0.717) is 12.0 Å². The topological polar surface area (TPSA) is 40.5 Å². The zero-order chi connectivity index (χ0) is 23.8. The van der Waals surface area contributed by atoms with Crippen LogP contribution in [-0.4, -0.2) is 35.1 Å². The van der Waals surface area contributed by atoms with Crippen molar-refractivity contribution in [2.24, 2.45) is 17.8 Å². The Labute approximate surface area is 206 Å². The van der Waals surface area contributed by atoms with Crippen molar-refractivity contribution >= 4 is 5.97 Å². The van der Waals surface area contributed by atoms with Crippen molar-refractivity contribution < 1.29 is 14.3 Å². The fourth-order valence-corrected chi connectivity index (χ4v) is 7.27. The average molecular weight is 472 g/mol. The Morgan fingerprint density at radius 2 is 1.35 bits per heavy atom. The van der Waals surface area contributed by atoms with Crippen LogP contribution >= 0.6 is 0 Å². The van der Waals surface area contributed by atoms with Crippen molar-refractivity contribution in [3.63, 3.8) is 0 Å². The van der Waals surface area contributed by atoms with Gasteiger partial charge < -0.3 is 5.11 Å². The molecule has 0 aromatic heterocycles. The molecular formula is C30H46FNO2. The minimum Gasteiger partial charge on any atom is -0.481 e. The number of halogens is 1. The molecule has 0 spiro atoms. The zero-order valence-electron chi connectivity index (χ0n) is 21.1. The third-order valence-electron chi connectivity index (χ3n) is 9.25. The van der Waals surface area contributed by atoms with Crippen LogP contribution in [0, 0.1) is 23.6 Å². The van der Waals surface area contributed by atoms with E-state index in [0.717, 1.165) is 31.1 Å². The van der Waals surface area contributed by atoms with Gasteiger partial charge in [0, 0.05) is 12.5 Å². The number of hydrogen-bond donors (Lipinski definition) is 1. The normalized spacial score (nSPS) is 27.2. The molecule has 0 bridgehead atoms. The Morgan fingerprint density at radius 1 is 0.794 bits per heavy atom. The van der Waals surface area contributed by atoms with Gasteiger partial charge in [-0.15, -0.1) is 0 Å². The van der Waals surface area contributed by atoms with Gasteiger partial charge in [0.05, 0.1) is 0 Å². The molecule has 3 aliphatic carbocycles. The summed E-state index contributed by atoms with van der Waals surface area (Å²) in [5, 5.41) is 9.43. The summed E-state index contributed by atoms with van der Waals surface area (Å²) in [5.41, 5.74) is 1.20. The number of aliphatic carboxylic acids is 1. The zero-order valence-corrected chi connectivity index (χ0v) is 21.1. The van der Waals surface area contributed by atoms with E-state index in [1.807, 2.05) is 12.1 Å². The average Bonchev–Trinajstić information content (AvgIpc) is 2.86. The summed E-state index contributed by atoms with van der Waals surface area (Å²) in [6, 6.07) is 7.53. The van der Waals surface area contributed by atoms with E-state index in [2.05, 4.69) is 4.90 Å². The number of carboxylic acid groups (broad SMARTS) is 1. The number of hydrogen-bond acceptors (Lipinski definition) is 2. The van der Waals surface area contributed by atoms with Crippen LogP contribution in [0.4, 0.5) is 4.39 Å². The predicted molar refractivity (Wildman–Crippen MR) is 136 cm³/mol. The van der Waals surface area contributed by atoms with E-state index in [1.165, 1.54) is 95.7 Å². The lowest BCUT2D eigenvalue weighted by Crippen LogP contribution is -2.45. The summed E-state index contributed by atoms with van der Waals surface area (Å²) < 4.78 is 13.7. The summed E-state index contributed by atoms with van der Waals surface area (Å²) in [7, 11) is 0. The molecule has 190 valence electrons. The van der Waals surface area contributed by atoms with Crippen LogP contribution in [-0.2, 0) is 4.79 Å². The number of nitrogens with zero attached hydrogens (tertiary/aromatic N) is 1. The smallest absolute Gasteiger partial charge is 0.303 e. The van der Waals surface area contributed by atoms with E-state index in [1.54, 1.807) is 12.1 Å². The quantitative estimate of drug-likeness (QED) is 0.378. The molecule has 3 fully saturated rings. The summed E-state index contributed by atoms with van der Waals surface area (Å²) in [4.78, 5) is 14.3. The Bertz CT molecular complexity index is 717. The standard InChI is InChI=1S/C30H46FNO2/c31-27-14-12-26(13-15-27)28-21-25(22-30(33)34)11-16-29(28)32(19-17-23-7-3-1-4-8-23)20-18-24-9-5-2-6-10-24/h12-15,23-25,28-29H,1-11,16-22H2,(H,33,34)/t25-,28+,29-/m1/s1. The largest absolute Gasteiger partial charge is 0.481 e. The van der Waals surface area contributed by atoms with Crippen LogP contribution in [0.25, 0.3) is 0 Å². The van der Waals surface area contributed by atoms with Crippen LogP contribution < -0.4 is 0 Å². The second-order valence-electron chi connectivity index (χ2n) is 11.6. The Hall–Kier alpha value is -1.42. The predicted octanol–water partition coefficient (Wildman–Crippen LogP) is 7.80. The van der Waals surface area contributed by atoms with Gasteiger partial charge in [-0.05, 0) is 86.6 Å². The van der Waals surface area contributed by atoms with Gasteiger partial charge in [0.2, 0.25) is 0 Å². The fourth-order valence-electron chi connectivity index (χ4n) is 7.27. The minimum absolute atomic E-state index is 0.190. The first-order valence-corrected chi connectivity index (χ1v) is 14.3. The van der Waals surface area contributed by atoms with Crippen molar-refractivity contribution in [2.75, 3.05) is 13.1 Å². The van der Waals surface area contributed by atoms with Gasteiger partial charge in [0.25, 0.3) is 0 Å². The minimum atomic E-state index is -0.687. The van der Waals surface area contributed by atoms with E-state index in [4.69, 9.17) is 0 Å². The van der Waals surface area contributed by atoms with Gasteiger partial charge in [-0.2, -0.15) is 0 Å². The summed E-state index contributed by atoms with van der Waals surface area (Å²) >= 11 is 0. The fraction of sp³-hybridized carbons (Fsp3) is 0.767. The first-order chi connectivity index (χ1) is 16.6. The molecule has 0 aliphatic heterocycles.